The van der Waals surface area contributed by atoms with Crippen LogP contribution in [0.25, 0.3) is 21.3 Å². The van der Waals surface area contributed by atoms with Crippen LogP contribution in [0.2, 0.25) is 0 Å². The molecule has 2 aromatic carbocycles. The van der Waals surface area contributed by atoms with Crippen LogP contribution in [0, 0.1) is 0 Å². The van der Waals surface area contributed by atoms with Gasteiger partial charge in [0.1, 0.15) is 4.70 Å². The first-order valence-electron chi connectivity index (χ1n) is 9.04. The first-order valence-corrected chi connectivity index (χ1v) is 10.9. The molecule has 0 radical (unpaired) electrons. The number of thioether (sulfide) groups is 1. The third kappa shape index (κ3) is 3.83. The number of anilines is 1. The minimum Gasteiger partial charge on any atom is -0.315 e. The zero-order chi connectivity index (χ0) is 20.4. The predicted octanol–water partition coefficient (Wildman–Crippen LogP) is 4.42. The molecule has 5 nitrogen and oxygen atoms in total. The summed E-state index contributed by atoms with van der Waals surface area (Å²) in [7, 11) is 3.45. The molecule has 0 aliphatic heterocycles. The van der Waals surface area contributed by atoms with Crippen molar-refractivity contribution in [2.24, 2.45) is 7.05 Å². The number of carbonyl (C=O) groups excluding carboxylic acids is 1. The van der Waals surface area contributed by atoms with Crippen LogP contribution in [-0.4, -0.2) is 28.3 Å². The number of rotatable bonds is 5. The van der Waals surface area contributed by atoms with E-state index in [0.717, 1.165) is 16.8 Å². The third-order valence-corrected chi connectivity index (χ3v) is 6.66. The number of nitrogens with zero attached hydrogens (tertiary/aromatic N) is 3. The Labute approximate surface area is 176 Å². The highest BCUT2D eigenvalue weighted by Gasteiger charge is 2.17. The van der Waals surface area contributed by atoms with Crippen molar-refractivity contribution in [1.29, 1.82) is 0 Å². The zero-order valence-corrected chi connectivity index (χ0v) is 17.7. The molecule has 29 heavy (non-hydrogen) atoms. The molecular formula is C22H19N3O2S2. The predicted molar refractivity (Wildman–Crippen MR) is 121 cm³/mol. The second kappa shape index (κ2) is 8.23. The molecule has 0 saturated heterocycles. The zero-order valence-electron chi connectivity index (χ0n) is 16.0. The van der Waals surface area contributed by atoms with Crippen molar-refractivity contribution >= 4 is 44.9 Å². The molecule has 0 fully saturated rings. The molecule has 2 aromatic heterocycles. The fourth-order valence-electron chi connectivity index (χ4n) is 2.99. The van der Waals surface area contributed by atoms with Crippen molar-refractivity contribution < 1.29 is 4.79 Å². The molecule has 0 aliphatic carbocycles. The molecule has 146 valence electrons. The molecule has 0 aliphatic rings. The molecule has 0 spiro atoms. The molecular weight excluding hydrogens is 402 g/mol. The van der Waals surface area contributed by atoms with Crippen LogP contribution in [-0.2, 0) is 11.8 Å². The number of carbonyl (C=O) groups is 1. The van der Waals surface area contributed by atoms with Gasteiger partial charge in [-0.2, -0.15) is 0 Å². The third-order valence-electron chi connectivity index (χ3n) is 4.69. The van der Waals surface area contributed by atoms with Crippen molar-refractivity contribution in [1.82, 2.24) is 9.55 Å². The van der Waals surface area contributed by atoms with E-state index in [1.807, 2.05) is 66.0 Å². The van der Waals surface area contributed by atoms with E-state index in [1.54, 1.807) is 19.0 Å². The van der Waals surface area contributed by atoms with Crippen molar-refractivity contribution in [2.45, 2.75) is 5.16 Å². The SMILES string of the molecule is CN(C(=O)CSc1nc2c(-c3ccccc3)csc2c(=O)n1C)c1ccccc1. The Morgan fingerprint density at radius 2 is 1.76 bits per heavy atom. The molecule has 0 saturated carbocycles. The highest BCUT2D eigenvalue weighted by molar-refractivity contribution is 7.99. The topological polar surface area (TPSA) is 55.2 Å². The highest BCUT2D eigenvalue weighted by atomic mass is 32.2. The Morgan fingerprint density at radius 1 is 1.10 bits per heavy atom. The number of benzene rings is 2. The van der Waals surface area contributed by atoms with E-state index in [0.29, 0.717) is 15.4 Å². The van der Waals surface area contributed by atoms with Gasteiger partial charge in [0, 0.05) is 30.7 Å². The molecule has 2 heterocycles. The molecule has 0 atom stereocenters. The smallest absolute Gasteiger partial charge is 0.271 e. The van der Waals surface area contributed by atoms with Gasteiger partial charge in [0.2, 0.25) is 5.91 Å². The van der Waals surface area contributed by atoms with Crippen LogP contribution in [0.3, 0.4) is 0 Å². The van der Waals surface area contributed by atoms with Gasteiger partial charge in [0.05, 0.1) is 11.3 Å². The number of hydrogen-bond donors (Lipinski definition) is 0. The largest absolute Gasteiger partial charge is 0.315 e. The van der Waals surface area contributed by atoms with E-state index in [9.17, 15) is 9.59 Å². The first kappa shape index (κ1) is 19.4. The monoisotopic (exact) mass is 421 g/mol. The van der Waals surface area contributed by atoms with Crippen LogP contribution in [0.4, 0.5) is 5.69 Å². The fraction of sp³-hybridized carbons (Fsp3) is 0.136. The minimum atomic E-state index is -0.0893. The van der Waals surface area contributed by atoms with Crippen molar-refractivity contribution in [3.05, 3.63) is 76.4 Å². The van der Waals surface area contributed by atoms with Gasteiger partial charge in [-0.3, -0.25) is 14.2 Å². The summed E-state index contributed by atoms with van der Waals surface area (Å²) in [5.74, 6) is 0.145. The van der Waals surface area contributed by atoms with Gasteiger partial charge in [0.15, 0.2) is 5.16 Å². The molecule has 0 N–H and O–H groups in total. The average Bonchev–Trinajstić information content (AvgIpc) is 3.19. The Hall–Kier alpha value is -2.90. The minimum absolute atomic E-state index is 0.0517. The summed E-state index contributed by atoms with van der Waals surface area (Å²) in [6.45, 7) is 0. The quantitative estimate of drug-likeness (QED) is 0.354. The number of hydrogen-bond acceptors (Lipinski definition) is 5. The lowest BCUT2D eigenvalue weighted by molar-refractivity contribution is -0.115. The van der Waals surface area contributed by atoms with Gasteiger partial charge < -0.3 is 4.90 Å². The summed E-state index contributed by atoms with van der Waals surface area (Å²) in [5.41, 5.74) is 3.40. The van der Waals surface area contributed by atoms with Gasteiger partial charge in [-0.05, 0) is 17.7 Å². The number of amides is 1. The van der Waals surface area contributed by atoms with Crippen LogP contribution < -0.4 is 10.5 Å². The van der Waals surface area contributed by atoms with Crippen molar-refractivity contribution in [3.8, 4) is 11.1 Å². The van der Waals surface area contributed by atoms with Gasteiger partial charge >= 0.3 is 0 Å². The number of aromatic nitrogens is 2. The van der Waals surface area contributed by atoms with Crippen LogP contribution in [0.1, 0.15) is 0 Å². The summed E-state index contributed by atoms with van der Waals surface area (Å²) in [6.07, 6.45) is 0. The Bertz CT molecular complexity index is 1220. The fourth-order valence-corrected chi connectivity index (χ4v) is 4.86. The molecule has 0 bridgehead atoms. The Balaban J connectivity index is 1.63. The molecule has 1 amide bonds. The maximum atomic E-state index is 12.8. The summed E-state index contributed by atoms with van der Waals surface area (Å²) in [6, 6.07) is 19.4. The Morgan fingerprint density at radius 3 is 2.45 bits per heavy atom. The van der Waals surface area contributed by atoms with E-state index in [1.165, 1.54) is 27.7 Å². The highest BCUT2D eigenvalue weighted by Crippen LogP contribution is 2.32. The molecule has 0 unspecified atom stereocenters. The van der Waals surface area contributed by atoms with E-state index in [2.05, 4.69) is 0 Å². The summed E-state index contributed by atoms with van der Waals surface area (Å²) < 4.78 is 2.15. The lowest BCUT2D eigenvalue weighted by Crippen LogP contribution is -2.28. The van der Waals surface area contributed by atoms with Gasteiger partial charge in [-0.1, -0.05) is 60.3 Å². The second-order valence-electron chi connectivity index (χ2n) is 6.53. The second-order valence-corrected chi connectivity index (χ2v) is 8.35. The molecule has 4 rings (SSSR count). The van der Waals surface area contributed by atoms with Crippen molar-refractivity contribution in [3.63, 3.8) is 0 Å². The van der Waals surface area contributed by atoms with Crippen LogP contribution in [0.5, 0.6) is 0 Å². The normalized spacial score (nSPS) is 11.0. The van der Waals surface area contributed by atoms with Crippen LogP contribution >= 0.6 is 23.1 Å². The lowest BCUT2D eigenvalue weighted by Gasteiger charge is -2.17. The first-order chi connectivity index (χ1) is 14.1. The number of thiophene rings is 1. The van der Waals surface area contributed by atoms with Gasteiger partial charge in [0.25, 0.3) is 5.56 Å². The van der Waals surface area contributed by atoms with Gasteiger partial charge in [-0.25, -0.2) is 4.98 Å². The van der Waals surface area contributed by atoms with Gasteiger partial charge in [-0.15, -0.1) is 11.3 Å². The number of para-hydroxylation sites is 1. The standard InChI is InChI=1S/C22H19N3O2S2/c1-24(16-11-7-4-8-12-16)18(26)14-29-22-23-19-17(15-9-5-3-6-10-15)13-28-20(19)21(27)25(22)2/h3-13H,14H2,1-2H3. The average molecular weight is 422 g/mol. The summed E-state index contributed by atoms with van der Waals surface area (Å²) in [5, 5.41) is 2.50. The summed E-state index contributed by atoms with van der Waals surface area (Å²) in [4.78, 5) is 31.8. The molecule has 7 heteroatoms. The maximum Gasteiger partial charge on any atom is 0.271 e. The van der Waals surface area contributed by atoms with Crippen LogP contribution in [0.15, 0.2) is 76.0 Å². The van der Waals surface area contributed by atoms with E-state index in [4.69, 9.17) is 4.98 Å². The lowest BCUT2D eigenvalue weighted by atomic mass is 10.1. The van der Waals surface area contributed by atoms with Crippen molar-refractivity contribution in [2.75, 3.05) is 17.7 Å². The van der Waals surface area contributed by atoms with E-state index in [-0.39, 0.29) is 17.2 Å². The number of fused-ring (bicyclic) bond motifs is 1. The maximum absolute atomic E-state index is 12.8. The van der Waals surface area contributed by atoms with E-state index >= 15 is 0 Å². The molecule has 4 aromatic rings. The Kier molecular flexibility index (Phi) is 5.51. The summed E-state index contributed by atoms with van der Waals surface area (Å²) >= 11 is 2.68. The van der Waals surface area contributed by atoms with E-state index < -0.39 is 0 Å².